The molecule has 20 heavy (non-hydrogen) atoms. The van der Waals surface area contributed by atoms with Crippen molar-refractivity contribution in [1.29, 1.82) is 0 Å². The second-order valence-corrected chi connectivity index (χ2v) is 5.99. The third kappa shape index (κ3) is 2.74. The topological polar surface area (TPSA) is 35.2 Å². The highest BCUT2D eigenvalue weighted by Gasteiger charge is 2.20. The highest BCUT2D eigenvalue weighted by Crippen LogP contribution is 2.37. The van der Waals surface area contributed by atoms with Crippen LogP contribution >= 0.6 is 15.9 Å². The molecule has 0 saturated carbocycles. The van der Waals surface area contributed by atoms with Gasteiger partial charge < -0.3 is 10.5 Å². The molecule has 0 aliphatic carbocycles. The van der Waals surface area contributed by atoms with Crippen LogP contribution in [0.15, 0.2) is 34.8 Å². The normalized spacial score (nSPS) is 12.3. The van der Waals surface area contributed by atoms with Gasteiger partial charge in [0.15, 0.2) is 0 Å². The SMILES string of the molecule is COc1c(C)cc(Br)c(C)c1C(N)c1cccc(C)c1. The zero-order valence-electron chi connectivity index (χ0n) is 12.3. The first-order valence-corrected chi connectivity index (χ1v) is 7.40. The van der Waals surface area contributed by atoms with Gasteiger partial charge in [0.1, 0.15) is 5.75 Å². The second-order valence-electron chi connectivity index (χ2n) is 5.14. The number of halogens is 1. The number of methoxy groups -OCH3 is 1. The van der Waals surface area contributed by atoms with Gasteiger partial charge in [-0.2, -0.15) is 0 Å². The predicted molar refractivity (Wildman–Crippen MR) is 87.4 cm³/mol. The lowest BCUT2D eigenvalue weighted by atomic mass is 9.92. The molecule has 0 fully saturated rings. The number of aryl methyl sites for hydroxylation is 2. The van der Waals surface area contributed by atoms with Gasteiger partial charge in [0.2, 0.25) is 0 Å². The van der Waals surface area contributed by atoms with Gasteiger partial charge in [0.25, 0.3) is 0 Å². The molecule has 106 valence electrons. The quantitative estimate of drug-likeness (QED) is 0.901. The van der Waals surface area contributed by atoms with Crippen LogP contribution in [0.2, 0.25) is 0 Å². The molecule has 0 radical (unpaired) electrons. The number of ether oxygens (including phenoxy) is 1. The van der Waals surface area contributed by atoms with Gasteiger partial charge in [-0.1, -0.05) is 45.8 Å². The molecule has 2 N–H and O–H groups in total. The summed E-state index contributed by atoms with van der Waals surface area (Å²) in [6.07, 6.45) is 0. The Balaban J connectivity index is 2.62. The second kappa shape index (κ2) is 5.98. The summed E-state index contributed by atoms with van der Waals surface area (Å²) in [7, 11) is 1.70. The highest BCUT2D eigenvalue weighted by atomic mass is 79.9. The van der Waals surface area contributed by atoms with Crippen LogP contribution < -0.4 is 10.5 Å². The summed E-state index contributed by atoms with van der Waals surface area (Å²) < 4.78 is 6.65. The molecule has 0 amide bonds. The van der Waals surface area contributed by atoms with Gasteiger partial charge in [-0.15, -0.1) is 0 Å². The minimum absolute atomic E-state index is 0.193. The Labute approximate surface area is 129 Å². The first-order valence-electron chi connectivity index (χ1n) is 6.61. The maximum absolute atomic E-state index is 6.50. The molecule has 2 nitrogen and oxygen atoms in total. The molecule has 0 bridgehead atoms. The van der Waals surface area contributed by atoms with Crippen LogP contribution in [0, 0.1) is 20.8 Å². The van der Waals surface area contributed by atoms with Crippen LogP contribution in [0.5, 0.6) is 5.75 Å². The monoisotopic (exact) mass is 333 g/mol. The predicted octanol–water partition coefficient (Wildman–Crippen LogP) is 4.43. The van der Waals surface area contributed by atoms with E-state index in [0.717, 1.165) is 32.5 Å². The summed E-state index contributed by atoms with van der Waals surface area (Å²) in [5.41, 5.74) is 12.1. The molecular weight excluding hydrogens is 314 g/mol. The van der Waals surface area contributed by atoms with Crippen LogP contribution in [0.25, 0.3) is 0 Å². The largest absolute Gasteiger partial charge is 0.496 e. The third-order valence-corrected chi connectivity index (χ3v) is 4.45. The van der Waals surface area contributed by atoms with Crippen LogP contribution in [0.3, 0.4) is 0 Å². The fraction of sp³-hybridized carbons (Fsp3) is 0.294. The molecular formula is C17H20BrNO. The van der Waals surface area contributed by atoms with E-state index in [-0.39, 0.29) is 6.04 Å². The van der Waals surface area contributed by atoms with Crippen molar-refractivity contribution in [1.82, 2.24) is 0 Å². The third-order valence-electron chi connectivity index (χ3n) is 3.62. The lowest BCUT2D eigenvalue weighted by Crippen LogP contribution is -2.15. The molecule has 2 aromatic rings. The molecule has 0 saturated heterocycles. The number of nitrogens with two attached hydrogens (primary N) is 1. The average Bonchev–Trinajstić information content (AvgIpc) is 2.41. The van der Waals surface area contributed by atoms with E-state index in [0.29, 0.717) is 0 Å². The minimum atomic E-state index is -0.193. The van der Waals surface area contributed by atoms with Gasteiger partial charge in [-0.05, 0) is 43.5 Å². The summed E-state index contributed by atoms with van der Waals surface area (Å²) in [5.74, 6) is 0.875. The summed E-state index contributed by atoms with van der Waals surface area (Å²) >= 11 is 3.60. The molecule has 2 rings (SSSR count). The standard InChI is InChI=1S/C17H20BrNO/c1-10-6-5-7-13(8-10)16(19)15-12(3)14(18)9-11(2)17(15)20-4/h5-9,16H,19H2,1-4H3. The van der Waals surface area contributed by atoms with Gasteiger partial charge in [0, 0.05) is 10.0 Å². The van der Waals surface area contributed by atoms with Crippen molar-refractivity contribution in [2.24, 2.45) is 5.73 Å². The molecule has 3 heteroatoms. The summed E-state index contributed by atoms with van der Waals surface area (Å²) in [4.78, 5) is 0. The summed E-state index contributed by atoms with van der Waals surface area (Å²) in [6.45, 7) is 6.18. The van der Waals surface area contributed by atoms with Crippen LogP contribution in [0.1, 0.15) is 33.9 Å². The fourth-order valence-electron chi connectivity index (χ4n) is 2.55. The van der Waals surface area contributed by atoms with Crippen LogP contribution in [-0.4, -0.2) is 7.11 Å². The number of hydrogen-bond donors (Lipinski definition) is 1. The van der Waals surface area contributed by atoms with E-state index in [2.05, 4.69) is 54.0 Å². The molecule has 0 aliphatic heterocycles. The molecule has 2 aromatic carbocycles. The molecule has 1 atom stereocenters. The van der Waals surface area contributed by atoms with Crippen LogP contribution in [-0.2, 0) is 0 Å². The van der Waals surface area contributed by atoms with Crippen molar-refractivity contribution in [2.45, 2.75) is 26.8 Å². The Morgan fingerprint density at radius 1 is 1.15 bits per heavy atom. The molecule has 0 aromatic heterocycles. The Hall–Kier alpha value is -1.32. The van der Waals surface area contributed by atoms with Crippen molar-refractivity contribution in [2.75, 3.05) is 7.11 Å². The van der Waals surface area contributed by atoms with Gasteiger partial charge in [0.05, 0.1) is 13.2 Å². The first kappa shape index (κ1) is 15.1. The van der Waals surface area contributed by atoms with Crippen molar-refractivity contribution >= 4 is 15.9 Å². The number of hydrogen-bond acceptors (Lipinski definition) is 2. The zero-order chi connectivity index (χ0) is 14.9. The van der Waals surface area contributed by atoms with E-state index >= 15 is 0 Å². The molecule has 0 heterocycles. The summed E-state index contributed by atoms with van der Waals surface area (Å²) in [5, 5.41) is 0. The molecule has 1 unspecified atom stereocenters. The Morgan fingerprint density at radius 2 is 1.85 bits per heavy atom. The van der Waals surface area contributed by atoms with E-state index in [1.807, 2.05) is 13.0 Å². The lowest BCUT2D eigenvalue weighted by Gasteiger charge is -2.21. The fourth-order valence-corrected chi connectivity index (χ4v) is 3.11. The maximum atomic E-state index is 6.50. The van der Waals surface area contributed by atoms with Gasteiger partial charge >= 0.3 is 0 Å². The Morgan fingerprint density at radius 3 is 2.45 bits per heavy atom. The van der Waals surface area contributed by atoms with Crippen molar-refractivity contribution in [3.05, 3.63) is 62.6 Å². The number of rotatable bonds is 3. The smallest absolute Gasteiger partial charge is 0.127 e. The van der Waals surface area contributed by atoms with E-state index in [1.54, 1.807) is 7.11 Å². The summed E-state index contributed by atoms with van der Waals surface area (Å²) in [6, 6.07) is 10.2. The highest BCUT2D eigenvalue weighted by molar-refractivity contribution is 9.10. The van der Waals surface area contributed by atoms with E-state index < -0.39 is 0 Å². The number of benzene rings is 2. The van der Waals surface area contributed by atoms with Crippen LogP contribution in [0.4, 0.5) is 0 Å². The van der Waals surface area contributed by atoms with E-state index in [9.17, 15) is 0 Å². The lowest BCUT2D eigenvalue weighted by molar-refractivity contribution is 0.404. The van der Waals surface area contributed by atoms with Gasteiger partial charge in [-0.3, -0.25) is 0 Å². The van der Waals surface area contributed by atoms with E-state index in [1.165, 1.54) is 5.56 Å². The zero-order valence-corrected chi connectivity index (χ0v) is 13.9. The van der Waals surface area contributed by atoms with Crippen molar-refractivity contribution < 1.29 is 4.74 Å². The van der Waals surface area contributed by atoms with E-state index in [4.69, 9.17) is 10.5 Å². The first-order chi connectivity index (χ1) is 9.45. The maximum Gasteiger partial charge on any atom is 0.127 e. The molecule has 0 aliphatic rings. The molecule has 0 spiro atoms. The Bertz CT molecular complexity index is 637. The minimum Gasteiger partial charge on any atom is -0.496 e. The van der Waals surface area contributed by atoms with Crippen molar-refractivity contribution in [3.8, 4) is 5.75 Å². The van der Waals surface area contributed by atoms with Gasteiger partial charge in [-0.25, -0.2) is 0 Å². The van der Waals surface area contributed by atoms with Crippen molar-refractivity contribution in [3.63, 3.8) is 0 Å². The Kier molecular flexibility index (Phi) is 4.51. The average molecular weight is 334 g/mol.